The normalized spacial score (nSPS) is 15.1. The van der Waals surface area contributed by atoms with E-state index in [1.807, 2.05) is 6.07 Å². The Morgan fingerprint density at radius 3 is 2.86 bits per heavy atom. The second kappa shape index (κ2) is 8.49. The zero-order chi connectivity index (χ0) is 19.5. The van der Waals surface area contributed by atoms with Crippen molar-refractivity contribution in [3.63, 3.8) is 0 Å². The van der Waals surface area contributed by atoms with Crippen LogP contribution in [0.3, 0.4) is 0 Å². The monoisotopic (exact) mass is 460 g/mol. The van der Waals surface area contributed by atoms with Gasteiger partial charge in [-0.3, -0.25) is 0 Å². The number of carboxylic acid groups (broad SMARTS) is 1. The number of aromatic carboxylic acids is 1. The second-order valence-corrected chi connectivity index (χ2v) is 8.93. The molecule has 146 valence electrons. The Morgan fingerprint density at radius 2 is 2.07 bits per heavy atom. The molecule has 0 amide bonds. The molecule has 0 spiro atoms. The van der Waals surface area contributed by atoms with Gasteiger partial charge in [-0.15, -0.1) is 0 Å². The first-order valence-electron chi connectivity index (χ1n) is 9.36. The summed E-state index contributed by atoms with van der Waals surface area (Å²) in [6.45, 7) is 2.64. The molecule has 1 aromatic heterocycles. The van der Waals surface area contributed by atoms with Gasteiger partial charge in [0, 0.05) is 17.6 Å². The van der Waals surface area contributed by atoms with Crippen LogP contribution >= 0.6 is 27.3 Å². The number of thiazole rings is 1. The number of fused-ring (bicyclic) bond motifs is 1. The topological polar surface area (TPSA) is 62.7 Å². The standard InChI is InChI=1S/C21H21BrN2O3S/c22-16-4-5-18-19(13-16)28-21(23-18)24-9-6-14(7-10-24)8-11-27-17-3-1-2-15(12-17)20(25)26/h1-5,12-14H,6-11H2,(H,25,26). The average molecular weight is 461 g/mol. The van der Waals surface area contributed by atoms with E-state index in [-0.39, 0.29) is 5.56 Å². The first-order chi connectivity index (χ1) is 13.6. The van der Waals surface area contributed by atoms with Crippen LogP contribution in [0.5, 0.6) is 5.75 Å². The maximum atomic E-state index is 11.0. The van der Waals surface area contributed by atoms with Crippen molar-refractivity contribution in [2.24, 2.45) is 5.92 Å². The molecular weight excluding hydrogens is 440 g/mol. The molecule has 0 unspecified atom stereocenters. The van der Waals surface area contributed by atoms with E-state index in [2.05, 4.69) is 33.0 Å². The molecule has 0 atom stereocenters. The summed E-state index contributed by atoms with van der Waals surface area (Å²) in [5, 5.41) is 10.2. The van der Waals surface area contributed by atoms with E-state index in [1.165, 1.54) is 4.70 Å². The summed E-state index contributed by atoms with van der Waals surface area (Å²) < 4.78 is 8.07. The number of hydrogen-bond acceptors (Lipinski definition) is 5. The fraction of sp³-hybridized carbons (Fsp3) is 0.333. The number of nitrogens with zero attached hydrogens (tertiary/aromatic N) is 2. The van der Waals surface area contributed by atoms with Gasteiger partial charge in [0.2, 0.25) is 0 Å². The van der Waals surface area contributed by atoms with E-state index in [0.29, 0.717) is 18.3 Å². The molecule has 1 saturated heterocycles. The van der Waals surface area contributed by atoms with E-state index >= 15 is 0 Å². The molecule has 1 aliphatic rings. The lowest BCUT2D eigenvalue weighted by molar-refractivity contribution is 0.0696. The van der Waals surface area contributed by atoms with Crippen LogP contribution in [0, 0.1) is 5.92 Å². The Labute approximate surface area is 176 Å². The van der Waals surface area contributed by atoms with E-state index in [0.717, 1.165) is 47.5 Å². The van der Waals surface area contributed by atoms with Crippen molar-refractivity contribution in [3.8, 4) is 5.75 Å². The number of anilines is 1. The lowest BCUT2D eigenvalue weighted by Gasteiger charge is -2.31. The molecule has 0 saturated carbocycles. The summed E-state index contributed by atoms with van der Waals surface area (Å²) in [6.07, 6.45) is 3.23. The first-order valence-corrected chi connectivity index (χ1v) is 11.0. The fourth-order valence-electron chi connectivity index (χ4n) is 3.50. The van der Waals surface area contributed by atoms with Crippen LogP contribution in [0.25, 0.3) is 10.2 Å². The highest BCUT2D eigenvalue weighted by atomic mass is 79.9. The lowest BCUT2D eigenvalue weighted by Crippen LogP contribution is -2.34. The third-order valence-corrected chi connectivity index (χ3v) is 6.67. The summed E-state index contributed by atoms with van der Waals surface area (Å²) in [5.74, 6) is 0.320. The Balaban J connectivity index is 1.27. The third kappa shape index (κ3) is 4.47. The molecule has 5 nitrogen and oxygen atoms in total. The van der Waals surface area contributed by atoms with E-state index < -0.39 is 5.97 Å². The van der Waals surface area contributed by atoms with Gasteiger partial charge in [-0.1, -0.05) is 33.3 Å². The molecule has 28 heavy (non-hydrogen) atoms. The number of ether oxygens (including phenoxy) is 1. The van der Waals surface area contributed by atoms with Crippen molar-refractivity contribution in [2.45, 2.75) is 19.3 Å². The van der Waals surface area contributed by atoms with Crippen LogP contribution in [0.15, 0.2) is 46.9 Å². The first kappa shape index (κ1) is 19.2. The van der Waals surface area contributed by atoms with Gasteiger partial charge in [-0.25, -0.2) is 9.78 Å². The smallest absolute Gasteiger partial charge is 0.335 e. The number of aromatic nitrogens is 1. The molecule has 0 radical (unpaired) electrons. The van der Waals surface area contributed by atoms with E-state index in [9.17, 15) is 4.79 Å². The molecule has 1 fully saturated rings. The Morgan fingerprint density at radius 1 is 1.25 bits per heavy atom. The number of benzene rings is 2. The number of rotatable bonds is 6. The van der Waals surface area contributed by atoms with Gasteiger partial charge in [0.15, 0.2) is 5.13 Å². The van der Waals surface area contributed by atoms with Crippen LogP contribution in [0.1, 0.15) is 29.6 Å². The molecule has 2 aromatic carbocycles. The van der Waals surface area contributed by atoms with Crippen LogP contribution < -0.4 is 9.64 Å². The quantitative estimate of drug-likeness (QED) is 0.530. The Bertz CT molecular complexity index is 983. The number of piperidine rings is 1. The number of halogens is 1. The van der Waals surface area contributed by atoms with Crippen LogP contribution in [0.4, 0.5) is 5.13 Å². The van der Waals surface area contributed by atoms with Crippen molar-refractivity contribution in [3.05, 3.63) is 52.5 Å². The van der Waals surface area contributed by atoms with Gasteiger partial charge in [-0.05, 0) is 61.6 Å². The molecular formula is C21H21BrN2O3S. The zero-order valence-corrected chi connectivity index (χ0v) is 17.7. The predicted octanol–water partition coefficient (Wildman–Crippen LogP) is 5.44. The molecule has 1 N–H and O–H groups in total. The fourth-order valence-corrected chi connectivity index (χ4v) is 5.07. The van der Waals surface area contributed by atoms with Gasteiger partial charge < -0.3 is 14.7 Å². The Kier molecular flexibility index (Phi) is 5.82. The SMILES string of the molecule is O=C(O)c1cccc(OCCC2CCN(c3nc4ccc(Br)cc4s3)CC2)c1. The largest absolute Gasteiger partial charge is 0.494 e. The van der Waals surface area contributed by atoms with Crippen LogP contribution in [-0.4, -0.2) is 35.8 Å². The Hall–Kier alpha value is -2.12. The van der Waals surface area contributed by atoms with E-state index in [1.54, 1.807) is 35.6 Å². The van der Waals surface area contributed by atoms with E-state index in [4.69, 9.17) is 14.8 Å². The minimum atomic E-state index is -0.931. The predicted molar refractivity (Wildman–Crippen MR) is 116 cm³/mol. The molecule has 0 aliphatic carbocycles. The van der Waals surface area contributed by atoms with Crippen molar-refractivity contribution < 1.29 is 14.6 Å². The summed E-state index contributed by atoms with van der Waals surface area (Å²) in [7, 11) is 0. The van der Waals surface area contributed by atoms with Gasteiger partial charge in [-0.2, -0.15) is 0 Å². The maximum Gasteiger partial charge on any atom is 0.335 e. The number of hydrogen-bond donors (Lipinski definition) is 1. The lowest BCUT2D eigenvalue weighted by atomic mass is 9.94. The highest BCUT2D eigenvalue weighted by Crippen LogP contribution is 2.33. The maximum absolute atomic E-state index is 11.0. The van der Waals surface area contributed by atoms with Gasteiger partial charge in [0.1, 0.15) is 5.75 Å². The summed E-state index contributed by atoms with van der Waals surface area (Å²) in [6, 6.07) is 12.9. The zero-order valence-electron chi connectivity index (χ0n) is 15.3. The van der Waals surface area contributed by atoms with Crippen LogP contribution in [0.2, 0.25) is 0 Å². The number of carboxylic acids is 1. The molecule has 3 aromatic rings. The van der Waals surface area contributed by atoms with Crippen molar-refractivity contribution in [1.29, 1.82) is 0 Å². The highest BCUT2D eigenvalue weighted by molar-refractivity contribution is 9.10. The highest BCUT2D eigenvalue weighted by Gasteiger charge is 2.21. The van der Waals surface area contributed by atoms with Gasteiger partial charge >= 0.3 is 5.97 Å². The molecule has 1 aliphatic heterocycles. The summed E-state index contributed by atoms with van der Waals surface area (Å²) >= 11 is 5.27. The average Bonchev–Trinajstić information content (AvgIpc) is 3.12. The van der Waals surface area contributed by atoms with Crippen molar-refractivity contribution >= 4 is 48.6 Å². The summed E-state index contributed by atoms with van der Waals surface area (Å²) in [4.78, 5) is 18.2. The van der Waals surface area contributed by atoms with Crippen LogP contribution in [-0.2, 0) is 0 Å². The van der Waals surface area contributed by atoms with Crippen molar-refractivity contribution in [1.82, 2.24) is 4.98 Å². The minimum absolute atomic E-state index is 0.258. The third-order valence-electron chi connectivity index (χ3n) is 5.10. The van der Waals surface area contributed by atoms with Gasteiger partial charge in [0.05, 0.1) is 22.4 Å². The summed E-state index contributed by atoms with van der Waals surface area (Å²) in [5.41, 5.74) is 1.32. The van der Waals surface area contributed by atoms with Gasteiger partial charge in [0.25, 0.3) is 0 Å². The minimum Gasteiger partial charge on any atom is -0.494 e. The molecule has 7 heteroatoms. The molecule has 0 bridgehead atoms. The second-order valence-electron chi connectivity index (χ2n) is 7.01. The van der Waals surface area contributed by atoms with Crippen molar-refractivity contribution in [2.75, 3.05) is 24.6 Å². The number of carbonyl (C=O) groups is 1. The molecule has 4 rings (SSSR count). The molecule has 2 heterocycles.